The molecule has 90 valence electrons. The SMILES string of the molecule is COCCCN(C)C1CC(C)CCC1O. The summed E-state index contributed by atoms with van der Waals surface area (Å²) in [6.07, 6.45) is 4.17. The topological polar surface area (TPSA) is 32.7 Å². The van der Waals surface area contributed by atoms with Crippen LogP contribution in [0.2, 0.25) is 0 Å². The highest BCUT2D eigenvalue weighted by Crippen LogP contribution is 2.27. The molecule has 0 amide bonds. The molecule has 3 nitrogen and oxygen atoms in total. The Balaban J connectivity index is 2.32. The van der Waals surface area contributed by atoms with Gasteiger partial charge in [-0.15, -0.1) is 0 Å². The van der Waals surface area contributed by atoms with E-state index in [1.165, 1.54) is 6.42 Å². The maximum atomic E-state index is 9.94. The number of methoxy groups -OCH3 is 1. The van der Waals surface area contributed by atoms with Crippen LogP contribution in [0, 0.1) is 5.92 Å². The van der Waals surface area contributed by atoms with Crippen molar-refractivity contribution in [2.45, 2.75) is 44.8 Å². The van der Waals surface area contributed by atoms with Crippen molar-refractivity contribution in [3.8, 4) is 0 Å². The molecule has 15 heavy (non-hydrogen) atoms. The zero-order valence-electron chi connectivity index (χ0n) is 10.3. The average Bonchev–Trinajstić information content (AvgIpc) is 2.22. The maximum absolute atomic E-state index is 9.94. The lowest BCUT2D eigenvalue weighted by Crippen LogP contribution is -2.45. The van der Waals surface area contributed by atoms with E-state index in [2.05, 4.69) is 18.9 Å². The van der Waals surface area contributed by atoms with Crippen LogP contribution in [0.3, 0.4) is 0 Å². The van der Waals surface area contributed by atoms with Crippen LogP contribution in [0.4, 0.5) is 0 Å². The fourth-order valence-electron chi connectivity index (χ4n) is 2.43. The van der Waals surface area contributed by atoms with Gasteiger partial charge in [0.25, 0.3) is 0 Å². The fraction of sp³-hybridized carbons (Fsp3) is 1.00. The number of hydrogen-bond acceptors (Lipinski definition) is 3. The van der Waals surface area contributed by atoms with E-state index in [1.54, 1.807) is 7.11 Å². The monoisotopic (exact) mass is 215 g/mol. The van der Waals surface area contributed by atoms with E-state index in [4.69, 9.17) is 4.74 Å². The standard InChI is InChI=1S/C12H25NO2/c1-10-5-6-12(14)11(9-10)13(2)7-4-8-15-3/h10-12,14H,4-9H2,1-3H3. The Labute approximate surface area is 93.4 Å². The van der Waals surface area contributed by atoms with Gasteiger partial charge in [0.2, 0.25) is 0 Å². The Morgan fingerprint density at radius 2 is 2.13 bits per heavy atom. The Bertz CT molecular complexity index is 175. The third-order valence-electron chi connectivity index (χ3n) is 3.47. The zero-order valence-corrected chi connectivity index (χ0v) is 10.3. The van der Waals surface area contributed by atoms with Crippen molar-refractivity contribution >= 4 is 0 Å². The second kappa shape index (κ2) is 6.46. The van der Waals surface area contributed by atoms with Crippen LogP contribution in [0.25, 0.3) is 0 Å². The molecule has 1 rings (SSSR count). The maximum Gasteiger partial charge on any atom is 0.0695 e. The molecule has 1 N–H and O–H groups in total. The molecule has 3 atom stereocenters. The summed E-state index contributed by atoms with van der Waals surface area (Å²) >= 11 is 0. The van der Waals surface area contributed by atoms with Gasteiger partial charge in [0, 0.05) is 26.3 Å². The van der Waals surface area contributed by atoms with E-state index >= 15 is 0 Å². The van der Waals surface area contributed by atoms with Crippen molar-refractivity contribution < 1.29 is 9.84 Å². The first-order chi connectivity index (χ1) is 7.15. The molecule has 1 aliphatic rings. The van der Waals surface area contributed by atoms with Gasteiger partial charge in [-0.25, -0.2) is 0 Å². The first-order valence-corrected chi connectivity index (χ1v) is 6.02. The van der Waals surface area contributed by atoms with Crippen LogP contribution in [-0.2, 0) is 4.74 Å². The molecule has 0 aromatic heterocycles. The van der Waals surface area contributed by atoms with Gasteiger partial charge >= 0.3 is 0 Å². The Kier molecular flexibility index (Phi) is 5.58. The van der Waals surface area contributed by atoms with Gasteiger partial charge in [0.05, 0.1) is 6.10 Å². The van der Waals surface area contributed by atoms with E-state index in [0.717, 1.165) is 38.3 Å². The number of hydrogen-bond donors (Lipinski definition) is 1. The lowest BCUT2D eigenvalue weighted by molar-refractivity contribution is 0.0144. The number of likely N-dealkylation sites (N-methyl/N-ethyl adjacent to an activating group) is 1. The molecule has 1 saturated carbocycles. The van der Waals surface area contributed by atoms with Crippen molar-refractivity contribution in [2.75, 3.05) is 27.3 Å². The van der Waals surface area contributed by atoms with Crippen LogP contribution >= 0.6 is 0 Å². The Morgan fingerprint density at radius 3 is 2.80 bits per heavy atom. The van der Waals surface area contributed by atoms with Gasteiger partial charge in [-0.2, -0.15) is 0 Å². The van der Waals surface area contributed by atoms with E-state index < -0.39 is 0 Å². The van der Waals surface area contributed by atoms with Crippen LogP contribution in [0.5, 0.6) is 0 Å². The minimum atomic E-state index is -0.131. The minimum absolute atomic E-state index is 0.131. The lowest BCUT2D eigenvalue weighted by atomic mass is 9.84. The lowest BCUT2D eigenvalue weighted by Gasteiger charge is -2.37. The second-order valence-corrected chi connectivity index (χ2v) is 4.88. The highest BCUT2D eigenvalue weighted by Gasteiger charge is 2.29. The smallest absolute Gasteiger partial charge is 0.0695 e. The summed E-state index contributed by atoms with van der Waals surface area (Å²) in [7, 11) is 3.85. The second-order valence-electron chi connectivity index (χ2n) is 4.88. The van der Waals surface area contributed by atoms with E-state index in [0.29, 0.717) is 6.04 Å². The molecule has 0 aliphatic heterocycles. The van der Waals surface area contributed by atoms with E-state index in [9.17, 15) is 5.11 Å². The summed E-state index contributed by atoms with van der Waals surface area (Å²) in [4.78, 5) is 2.29. The third-order valence-corrected chi connectivity index (χ3v) is 3.47. The molecular weight excluding hydrogens is 190 g/mol. The number of nitrogens with zero attached hydrogens (tertiary/aromatic N) is 1. The molecule has 0 bridgehead atoms. The Hall–Kier alpha value is -0.120. The fourth-order valence-corrected chi connectivity index (χ4v) is 2.43. The molecule has 1 aliphatic carbocycles. The van der Waals surface area contributed by atoms with Gasteiger partial charge in [0.15, 0.2) is 0 Å². The average molecular weight is 215 g/mol. The number of ether oxygens (including phenoxy) is 1. The van der Waals surface area contributed by atoms with Gasteiger partial charge in [-0.1, -0.05) is 6.92 Å². The van der Waals surface area contributed by atoms with Gasteiger partial charge in [-0.3, -0.25) is 0 Å². The molecule has 3 heteroatoms. The van der Waals surface area contributed by atoms with Crippen LogP contribution in [0.1, 0.15) is 32.6 Å². The first kappa shape index (κ1) is 12.9. The molecule has 0 spiro atoms. The quantitative estimate of drug-likeness (QED) is 0.706. The first-order valence-electron chi connectivity index (χ1n) is 6.02. The summed E-state index contributed by atoms with van der Waals surface area (Å²) in [5.41, 5.74) is 0. The van der Waals surface area contributed by atoms with Gasteiger partial charge in [0.1, 0.15) is 0 Å². The summed E-state index contributed by atoms with van der Waals surface area (Å²) < 4.78 is 5.04. The molecule has 0 saturated heterocycles. The molecular formula is C12H25NO2. The molecule has 1 fully saturated rings. The largest absolute Gasteiger partial charge is 0.391 e. The number of rotatable bonds is 5. The number of aliphatic hydroxyl groups is 1. The van der Waals surface area contributed by atoms with Crippen molar-refractivity contribution in [1.29, 1.82) is 0 Å². The predicted octanol–water partition coefficient (Wildman–Crippen LogP) is 1.50. The van der Waals surface area contributed by atoms with Gasteiger partial charge < -0.3 is 14.7 Å². The number of aliphatic hydroxyl groups excluding tert-OH is 1. The summed E-state index contributed by atoms with van der Waals surface area (Å²) in [6.45, 7) is 4.10. The van der Waals surface area contributed by atoms with Gasteiger partial charge in [-0.05, 0) is 38.6 Å². The molecule has 0 heterocycles. The van der Waals surface area contributed by atoms with Crippen molar-refractivity contribution in [1.82, 2.24) is 4.90 Å². The van der Waals surface area contributed by atoms with Crippen LogP contribution < -0.4 is 0 Å². The summed E-state index contributed by atoms with van der Waals surface area (Å²) in [5.74, 6) is 0.753. The minimum Gasteiger partial charge on any atom is -0.391 e. The van der Waals surface area contributed by atoms with E-state index in [1.807, 2.05) is 0 Å². The highest BCUT2D eigenvalue weighted by molar-refractivity contribution is 4.84. The van der Waals surface area contributed by atoms with Crippen molar-refractivity contribution in [3.63, 3.8) is 0 Å². The molecule has 0 aromatic carbocycles. The van der Waals surface area contributed by atoms with Crippen LogP contribution in [-0.4, -0.2) is 49.5 Å². The van der Waals surface area contributed by atoms with Crippen molar-refractivity contribution in [2.24, 2.45) is 5.92 Å². The predicted molar refractivity (Wildman–Crippen MR) is 61.9 cm³/mol. The molecule has 0 radical (unpaired) electrons. The zero-order chi connectivity index (χ0) is 11.3. The summed E-state index contributed by atoms with van der Waals surface area (Å²) in [6, 6.07) is 0.352. The normalized spacial score (nSPS) is 32.2. The summed E-state index contributed by atoms with van der Waals surface area (Å²) in [5, 5.41) is 9.94. The van der Waals surface area contributed by atoms with E-state index in [-0.39, 0.29) is 6.10 Å². The van der Waals surface area contributed by atoms with Crippen molar-refractivity contribution in [3.05, 3.63) is 0 Å². The highest BCUT2D eigenvalue weighted by atomic mass is 16.5. The Morgan fingerprint density at radius 1 is 1.40 bits per heavy atom. The van der Waals surface area contributed by atoms with Crippen LogP contribution in [0.15, 0.2) is 0 Å². The third kappa shape index (κ3) is 4.09. The molecule has 3 unspecified atom stereocenters. The molecule has 0 aromatic rings.